The van der Waals surface area contributed by atoms with E-state index in [1.807, 2.05) is 6.33 Å². The van der Waals surface area contributed by atoms with Gasteiger partial charge in [-0.15, -0.1) is 0 Å². The molecule has 2 fully saturated rings. The van der Waals surface area contributed by atoms with Crippen molar-refractivity contribution in [2.75, 3.05) is 13.2 Å². The first kappa shape index (κ1) is 12.2. The zero-order valence-electron chi connectivity index (χ0n) is 11.6. The number of nitrogens with one attached hydrogen (secondary N) is 1. The summed E-state index contributed by atoms with van der Waals surface area (Å²) >= 11 is 0. The highest BCUT2D eigenvalue weighted by molar-refractivity contribution is 5.18. The molecule has 100 valence electrons. The predicted octanol–water partition coefficient (Wildman–Crippen LogP) is 2.12. The number of hydrogen-bond donors (Lipinski definition) is 1. The van der Waals surface area contributed by atoms with Crippen molar-refractivity contribution in [1.29, 1.82) is 0 Å². The van der Waals surface area contributed by atoms with Gasteiger partial charge in [0, 0.05) is 19.3 Å². The molecule has 0 radical (unpaired) electrons. The fourth-order valence-electron chi connectivity index (χ4n) is 3.67. The maximum atomic E-state index is 6.14. The third kappa shape index (κ3) is 1.88. The molecule has 1 saturated carbocycles. The first-order valence-electron chi connectivity index (χ1n) is 6.94. The Morgan fingerprint density at radius 1 is 1.50 bits per heavy atom. The van der Waals surface area contributed by atoms with E-state index in [-0.39, 0.29) is 11.6 Å². The van der Waals surface area contributed by atoms with E-state index >= 15 is 0 Å². The van der Waals surface area contributed by atoms with Crippen LogP contribution in [0.15, 0.2) is 12.5 Å². The van der Waals surface area contributed by atoms with Crippen molar-refractivity contribution >= 4 is 0 Å². The number of hydrogen-bond acceptors (Lipinski definition) is 3. The van der Waals surface area contributed by atoms with Crippen LogP contribution in [0, 0.1) is 5.41 Å². The Bertz CT molecular complexity index is 430. The van der Waals surface area contributed by atoms with E-state index in [0.717, 1.165) is 38.2 Å². The van der Waals surface area contributed by atoms with E-state index in [0.29, 0.717) is 5.41 Å². The minimum Gasteiger partial charge on any atom is -0.372 e. The van der Waals surface area contributed by atoms with E-state index in [4.69, 9.17) is 4.74 Å². The number of morpholine rings is 1. The number of ether oxygens (including phenoxy) is 1. The van der Waals surface area contributed by atoms with Gasteiger partial charge in [0.05, 0.1) is 30.3 Å². The van der Waals surface area contributed by atoms with E-state index in [1.54, 1.807) is 0 Å². The molecule has 2 heterocycles. The van der Waals surface area contributed by atoms with E-state index in [1.165, 1.54) is 0 Å². The Labute approximate surface area is 109 Å². The maximum Gasteiger partial charge on any atom is 0.0950 e. The van der Waals surface area contributed by atoms with Crippen LogP contribution in [0.1, 0.15) is 45.3 Å². The number of aryl methyl sites for hydroxylation is 1. The van der Waals surface area contributed by atoms with Gasteiger partial charge in [0.15, 0.2) is 0 Å². The Morgan fingerprint density at radius 2 is 2.28 bits per heavy atom. The van der Waals surface area contributed by atoms with Crippen molar-refractivity contribution < 1.29 is 4.74 Å². The Balaban J connectivity index is 1.84. The van der Waals surface area contributed by atoms with E-state index in [2.05, 4.69) is 41.8 Å². The smallest absolute Gasteiger partial charge is 0.0950 e. The van der Waals surface area contributed by atoms with Crippen molar-refractivity contribution in [3.05, 3.63) is 18.2 Å². The molecule has 1 N–H and O–H groups in total. The van der Waals surface area contributed by atoms with Crippen LogP contribution in [0.2, 0.25) is 0 Å². The summed E-state index contributed by atoms with van der Waals surface area (Å²) in [6.07, 6.45) is 6.32. The number of aromatic nitrogens is 2. The van der Waals surface area contributed by atoms with Gasteiger partial charge >= 0.3 is 0 Å². The summed E-state index contributed by atoms with van der Waals surface area (Å²) in [5.41, 5.74) is 1.52. The molecule has 4 nitrogen and oxygen atoms in total. The Hall–Kier alpha value is -0.870. The molecule has 1 aliphatic carbocycles. The fourth-order valence-corrected chi connectivity index (χ4v) is 3.67. The Kier molecular flexibility index (Phi) is 2.75. The fraction of sp³-hybridized carbons (Fsp3) is 0.786. The van der Waals surface area contributed by atoms with Crippen molar-refractivity contribution in [2.24, 2.45) is 5.41 Å². The van der Waals surface area contributed by atoms with E-state index in [9.17, 15) is 0 Å². The quantitative estimate of drug-likeness (QED) is 0.872. The van der Waals surface area contributed by atoms with Crippen molar-refractivity contribution in [2.45, 2.75) is 51.8 Å². The molecule has 0 aromatic carbocycles. The molecular formula is C14H23N3O. The third-order valence-corrected chi connectivity index (χ3v) is 4.24. The lowest BCUT2D eigenvalue weighted by Crippen LogP contribution is -2.61. The molecule has 1 unspecified atom stereocenters. The lowest BCUT2D eigenvalue weighted by Gasteiger charge is -2.58. The minimum atomic E-state index is -0.0192. The monoisotopic (exact) mass is 249 g/mol. The van der Waals surface area contributed by atoms with Crippen LogP contribution in [0.25, 0.3) is 0 Å². The molecular weight excluding hydrogens is 226 g/mol. The van der Waals surface area contributed by atoms with Crippen LogP contribution in [0.5, 0.6) is 0 Å². The Morgan fingerprint density at radius 3 is 2.89 bits per heavy atom. The topological polar surface area (TPSA) is 39.1 Å². The highest BCUT2D eigenvalue weighted by Gasteiger charge is 2.56. The molecule has 1 aromatic rings. The predicted molar refractivity (Wildman–Crippen MR) is 70.3 cm³/mol. The third-order valence-electron chi connectivity index (χ3n) is 4.24. The zero-order chi connectivity index (χ0) is 12.8. The average molecular weight is 249 g/mol. The molecule has 1 aliphatic heterocycles. The summed E-state index contributed by atoms with van der Waals surface area (Å²) in [4.78, 5) is 4.56. The first-order chi connectivity index (χ1) is 8.55. The SMILES string of the molecule is CCn1cnc(C2NCCOC23CC(C)(C)C3)c1. The van der Waals surface area contributed by atoms with Crippen LogP contribution in [0.4, 0.5) is 0 Å². The summed E-state index contributed by atoms with van der Waals surface area (Å²) in [6.45, 7) is 9.49. The van der Waals surface area contributed by atoms with Crippen molar-refractivity contribution in [1.82, 2.24) is 14.9 Å². The van der Waals surface area contributed by atoms with Crippen molar-refractivity contribution in [3.63, 3.8) is 0 Å². The van der Waals surface area contributed by atoms with Crippen LogP contribution < -0.4 is 5.32 Å². The van der Waals surface area contributed by atoms with Gasteiger partial charge < -0.3 is 14.6 Å². The summed E-state index contributed by atoms with van der Waals surface area (Å²) in [6, 6.07) is 0.257. The molecule has 1 spiro atoms. The summed E-state index contributed by atoms with van der Waals surface area (Å²) in [5.74, 6) is 0. The van der Waals surface area contributed by atoms with Gasteiger partial charge in [0.2, 0.25) is 0 Å². The standard InChI is InChI=1S/C14H23N3O/c1-4-17-7-11(16-10-17)12-14(18-6-5-15-12)8-13(2,3)9-14/h7,10,12,15H,4-6,8-9H2,1-3H3. The highest BCUT2D eigenvalue weighted by Crippen LogP contribution is 2.56. The highest BCUT2D eigenvalue weighted by atomic mass is 16.5. The zero-order valence-corrected chi connectivity index (χ0v) is 11.6. The first-order valence-corrected chi connectivity index (χ1v) is 6.94. The number of imidazole rings is 1. The average Bonchev–Trinajstić information content (AvgIpc) is 2.75. The second kappa shape index (κ2) is 4.07. The van der Waals surface area contributed by atoms with Gasteiger partial charge in [-0.1, -0.05) is 13.8 Å². The molecule has 4 heteroatoms. The molecule has 2 aliphatic rings. The lowest BCUT2D eigenvalue weighted by atomic mass is 9.57. The summed E-state index contributed by atoms with van der Waals surface area (Å²) < 4.78 is 8.26. The van der Waals surface area contributed by atoms with Gasteiger partial charge in [-0.2, -0.15) is 0 Å². The molecule has 18 heavy (non-hydrogen) atoms. The summed E-state index contributed by atoms with van der Waals surface area (Å²) in [5, 5.41) is 3.60. The minimum absolute atomic E-state index is 0.0192. The molecule has 1 atom stereocenters. The van der Waals surface area contributed by atoms with Gasteiger partial charge in [-0.3, -0.25) is 0 Å². The second-order valence-corrected chi connectivity index (χ2v) is 6.45. The van der Waals surface area contributed by atoms with Gasteiger partial charge in [0.25, 0.3) is 0 Å². The number of nitrogens with zero attached hydrogens (tertiary/aromatic N) is 2. The molecule has 3 rings (SSSR count). The van der Waals surface area contributed by atoms with Crippen molar-refractivity contribution in [3.8, 4) is 0 Å². The van der Waals surface area contributed by atoms with E-state index < -0.39 is 0 Å². The molecule has 1 saturated heterocycles. The van der Waals surface area contributed by atoms with Gasteiger partial charge in [-0.05, 0) is 25.2 Å². The lowest BCUT2D eigenvalue weighted by molar-refractivity contribution is -0.196. The normalized spacial score (nSPS) is 29.2. The molecule has 0 amide bonds. The van der Waals surface area contributed by atoms with Gasteiger partial charge in [0.1, 0.15) is 0 Å². The van der Waals surface area contributed by atoms with Crippen LogP contribution >= 0.6 is 0 Å². The van der Waals surface area contributed by atoms with Crippen LogP contribution in [-0.2, 0) is 11.3 Å². The summed E-state index contributed by atoms with van der Waals surface area (Å²) in [7, 11) is 0. The van der Waals surface area contributed by atoms with Crippen LogP contribution in [-0.4, -0.2) is 28.3 Å². The number of rotatable bonds is 2. The largest absolute Gasteiger partial charge is 0.372 e. The molecule has 0 bridgehead atoms. The maximum absolute atomic E-state index is 6.14. The van der Waals surface area contributed by atoms with Crippen LogP contribution in [0.3, 0.4) is 0 Å². The second-order valence-electron chi connectivity index (χ2n) is 6.45. The van der Waals surface area contributed by atoms with Gasteiger partial charge in [-0.25, -0.2) is 4.98 Å². The molecule has 1 aromatic heterocycles.